The van der Waals surface area contributed by atoms with Gasteiger partial charge >= 0.3 is 0 Å². The molecule has 1 unspecified atom stereocenters. The van der Waals surface area contributed by atoms with Crippen LogP contribution in [0.1, 0.15) is 52.4 Å². The average molecular weight is 268 g/mol. The molecule has 2 fully saturated rings. The van der Waals surface area contributed by atoms with Gasteiger partial charge in [0.2, 0.25) is 0 Å². The fourth-order valence-electron chi connectivity index (χ4n) is 3.52. The van der Waals surface area contributed by atoms with Gasteiger partial charge in [-0.25, -0.2) is 0 Å². The summed E-state index contributed by atoms with van der Waals surface area (Å²) in [6, 6.07) is 1.37. The SMILES string of the molecule is CCN(CC1(CNC2CC2)CCCC1)C(C)COC. The van der Waals surface area contributed by atoms with Gasteiger partial charge in [0.1, 0.15) is 0 Å². The lowest BCUT2D eigenvalue weighted by Gasteiger charge is -2.38. The molecule has 112 valence electrons. The zero-order chi connectivity index (χ0) is 13.7. The standard InChI is InChI=1S/C16H32N2O/c1-4-18(14(2)11-19-3)13-16(9-5-6-10-16)12-17-15-7-8-15/h14-15,17H,4-13H2,1-3H3. The van der Waals surface area contributed by atoms with Crippen molar-refractivity contribution in [3.05, 3.63) is 0 Å². The minimum atomic E-state index is 0.528. The molecule has 0 aromatic heterocycles. The Balaban J connectivity index is 1.89. The van der Waals surface area contributed by atoms with Gasteiger partial charge in [0, 0.05) is 32.3 Å². The maximum absolute atomic E-state index is 5.33. The van der Waals surface area contributed by atoms with Crippen molar-refractivity contribution in [2.75, 3.05) is 33.4 Å². The predicted molar refractivity (Wildman–Crippen MR) is 80.5 cm³/mol. The Morgan fingerprint density at radius 3 is 2.53 bits per heavy atom. The van der Waals surface area contributed by atoms with E-state index < -0.39 is 0 Å². The number of hydrogen-bond acceptors (Lipinski definition) is 3. The van der Waals surface area contributed by atoms with Crippen LogP contribution in [0.5, 0.6) is 0 Å². The maximum atomic E-state index is 5.33. The van der Waals surface area contributed by atoms with Gasteiger partial charge in [-0.15, -0.1) is 0 Å². The second-order valence-corrected chi connectivity index (χ2v) is 6.73. The van der Waals surface area contributed by atoms with Crippen molar-refractivity contribution < 1.29 is 4.74 Å². The molecule has 2 rings (SSSR count). The topological polar surface area (TPSA) is 24.5 Å². The Morgan fingerprint density at radius 1 is 1.32 bits per heavy atom. The van der Waals surface area contributed by atoms with Crippen LogP contribution in [0.2, 0.25) is 0 Å². The van der Waals surface area contributed by atoms with Gasteiger partial charge < -0.3 is 10.1 Å². The van der Waals surface area contributed by atoms with Crippen molar-refractivity contribution in [1.29, 1.82) is 0 Å². The van der Waals surface area contributed by atoms with E-state index in [4.69, 9.17) is 4.74 Å². The van der Waals surface area contributed by atoms with E-state index in [1.54, 1.807) is 0 Å². The highest BCUT2D eigenvalue weighted by molar-refractivity contribution is 4.93. The molecule has 2 saturated carbocycles. The van der Waals surface area contributed by atoms with Gasteiger partial charge in [-0.1, -0.05) is 19.8 Å². The molecule has 3 heteroatoms. The molecule has 1 N–H and O–H groups in total. The highest BCUT2D eigenvalue weighted by Gasteiger charge is 2.37. The van der Waals surface area contributed by atoms with Crippen LogP contribution in [0, 0.1) is 5.41 Å². The fraction of sp³-hybridized carbons (Fsp3) is 1.00. The van der Waals surface area contributed by atoms with Crippen molar-refractivity contribution in [2.45, 2.75) is 64.5 Å². The van der Waals surface area contributed by atoms with Gasteiger partial charge in [0.25, 0.3) is 0 Å². The first-order valence-electron chi connectivity index (χ1n) is 8.15. The van der Waals surface area contributed by atoms with Crippen LogP contribution in [-0.2, 0) is 4.74 Å². The molecule has 0 aliphatic heterocycles. The third-order valence-electron chi connectivity index (χ3n) is 4.98. The van der Waals surface area contributed by atoms with E-state index in [2.05, 4.69) is 24.1 Å². The molecule has 0 spiro atoms. The maximum Gasteiger partial charge on any atom is 0.0615 e. The first-order chi connectivity index (χ1) is 9.19. The van der Waals surface area contributed by atoms with Crippen molar-refractivity contribution in [3.8, 4) is 0 Å². The second kappa shape index (κ2) is 7.05. The Morgan fingerprint density at radius 2 is 2.00 bits per heavy atom. The van der Waals surface area contributed by atoms with E-state index in [9.17, 15) is 0 Å². The Hall–Kier alpha value is -0.120. The minimum Gasteiger partial charge on any atom is -0.383 e. The number of nitrogens with zero attached hydrogens (tertiary/aromatic N) is 1. The highest BCUT2D eigenvalue weighted by Crippen LogP contribution is 2.39. The monoisotopic (exact) mass is 268 g/mol. The van der Waals surface area contributed by atoms with Crippen LogP contribution in [0.25, 0.3) is 0 Å². The third kappa shape index (κ3) is 4.44. The van der Waals surface area contributed by atoms with Gasteiger partial charge in [-0.05, 0) is 44.6 Å². The van der Waals surface area contributed by atoms with Crippen LogP contribution in [0.3, 0.4) is 0 Å². The summed E-state index contributed by atoms with van der Waals surface area (Å²) < 4.78 is 5.33. The van der Waals surface area contributed by atoms with Gasteiger partial charge in [0.15, 0.2) is 0 Å². The molecule has 0 radical (unpaired) electrons. The summed E-state index contributed by atoms with van der Waals surface area (Å²) in [7, 11) is 1.81. The lowest BCUT2D eigenvalue weighted by molar-refractivity contribution is 0.0665. The van der Waals surface area contributed by atoms with Crippen LogP contribution in [-0.4, -0.2) is 50.3 Å². The lowest BCUT2D eigenvalue weighted by atomic mass is 9.85. The largest absolute Gasteiger partial charge is 0.383 e. The van der Waals surface area contributed by atoms with Crippen LogP contribution >= 0.6 is 0 Å². The molecule has 0 amide bonds. The van der Waals surface area contributed by atoms with Crippen molar-refractivity contribution in [2.24, 2.45) is 5.41 Å². The first-order valence-corrected chi connectivity index (χ1v) is 8.15. The summed E-state index contributed by atoms with van der Waals surface area (Å²) in [5.74, 6) is 0. The van der Waals surface area contributed by atoms with Crippen molar-refractivity contribution in [1.82, 2.24) is 10.2 Å². The normalized spacial score (nSPS) is 24.0. The minimum absolute atomic E-state index is 0.528. The van der Waals surface area contributed by atoms with Crippen molar-refractivity contribution in [3.63, 3.8) is 0 Å². The molecule has 0 saturated heterocycles. The number of likely N-dealkylation sites (N-methyl/N-ethyl adjacent to an activating group) is 1. The van der Waals surface area contributed by atoms with E-state index in [0.29, 0.717) is 11.5 Å². The quantitative estimate of drug-likeness (QED) is 0.696. The van der Waals surface area contributed by atoms with E-state index in [1.807, 2.05) is 7.11 Å². The first kappa shape index (κ1) is 15.3. The van der Waals surface area contributed by atoms with Gasteiger partial charge in [-0.3, -0.25) is 4.90 Å². The molecule has 0 bridgehead atoms. The van der Waals surface area contributed by atoms with Crippen LogP contribution in [0.15, 0.2) is 0 Å². The Kier molecular flexibility index (Phi) is 5.67. The molecular formula is C16H32N2O. The summed E-state index contributed by atoms with van der Waals surface area (Å²) in [5.41, 5.74) is 0.528. The van der Waals surface area contributed by atoms with Crippen LogP contribution < -0.4 is 5.32 Å². The van der Waals surface area contributed by atoms with E-state index in [0.717, 1.165) is 19.2 Å². The van der Waals surface area contributed by atoms with Gasteiger partial charge in [-0.2, -0.15) is 0 Å². The Labute approximate surface area is 119 Å². The number of hydrogen-bond donors (Lipinski definition) is 1. The molecule has 3 nitrogen and oxygen atoms in total. The number of ether oxygens (including phenoxy) is 1. The number of nitrogens with one attached hydrogen (secondary N) is 1. The predicted octanol–water partition coefficient (Wildman–Crippen LogP) is 2.66. The number of rotatable bonds is 9. The lowest BCUT2D eigenvalue weighted by Crippen LogP contribution is -2.47. The summed E-state index contributed by atoms with van der Waals surface area (Å²) in [5, 5.41) is 3.78. The molecule has 19 heavy (non-hydrogen) atoms. The molecule has 0 heterocycles. The summed E-state index contributed by atoms with van der Waals surface area (Å²) in [4.78, 5) is 2.61. The highest BCUT2D eigenvalue weighted by atomic mass is 16.5. The number of methoxy groups -OCH3 is 1. The van der Waals surface area contributed by atoms with E-state index >= 15 is 0 Å². The summed E-state index contributed by atoms with van der Waals surface area (Å²) >= 11 is 0. The Bertz CT molecular complexity index is 259. The molecule has 1 atom stereocenters. The van der Waals surface area contributed by atoms with E-state index in [1.165, 1.54) is 51.6 Å². The molecule has 2 aliphatic carbocycles. The van der Waals surface area contributed by atoms with Crippen molar-refractivity contribution >= 4 is 0 Å². The van der Waals surface area contributed by atoms with Crippen LogP contribution in [0.4, 0.5) is 0 Å². The zero-order valence-electron chi connectivity index (χ0n) is 13.1. The van der Waals surface area contributed by atoms with Gasteiger partial charge in [0.05, 0.1) is 6.61 Å². The third-order valence-corrected chi connectivity index (χ3v) is 4.98. The summed E-state index contributed by atoms with van der Waals surface area (Å²) in [6.07, 6.45) is 8.44. The van der Waals surface area contributed by atoms with E-state index in [-0.39, 0.29) is 0 Å². The molecule has 0 aromatic carbocycles. The molecule has 0 aromatic rings. The molecule has 2 aliphatic rings. The zero-order valence-corrected chi connectivity index (χ0v) is 13.1. The second-order valence-electron chi connectivity index (χ2n) is 6.73. The fourth-order valence-corrected chi connectivity index (χ4v) is 3.52. The average Bonchev–Trinajstić information content (AvgIpc) is 3.13. The summed E-state index contributed by atoms with van der Waals surface area (Å²) in [6.45, 7) is 9.03. The molecular weight excluding hydrogens is 236 g/mol. The smallest absolute Gasteiger partial charge is 0.0615 e.